The maximum absolute atomic E-state index is 12.4. The number of ether oxygens (including phenoxy) is 1. The Morgan fingerprint density at radius 2 is 2.00 bits per heavy atom. The van der Waals surface area contributed by atoms with Crippen molar-refractivity contribution in [3.8, 4) is 5.75 Å². The first-order valence-corrected chi connectivity index (χ1v) is 7.36. The van der Waals surface area contributed by atoms with Crippen LogP contribution in [0.3, 0.4) is 0 Å². The van der Waals surface area contributed by atoms with Gasteiger partial charge in [-0.25, -0.2) is 4.79 Å². The lowest BCUT2D eigenvalue weighted by atomic mass is 10.0. The van der Waals surface area contributed by atoms with E-state index in [1.807, 2.05) is 0 Å². The molecule has 1 saturated heterocycles. The lowest BCUT2D eigenvalue weighted by Gasteiger charge is -2.34. The quantitative estimate of drug-likeness (QED) is 0.860. The van der Waals surface area contributed by atoms with Crippen molar-refractivity contribution < 1.29 is 19.4 Å². The summed E-state index contributed by atoms with van der Waals surface area (Å²) in [7, 11) is 0. The van der Waals surface area contributed by atoms with Gasteiger partial charge in [-0.1, -0.05) is 12.1 Å². The number of likely N-dealkylation sites (tertiary alicyclic amines) is 1. The normalized spacial score (nSPS) is 18.3. The standard InChI is InChI=1S/C16H21NO4/c1-2-21-16(20)14-5-3-4-10-17(14)15(19)11-12-6-8-13(18)9-7-12/h6-9,14,18H,2-5,10-11H2,1H3. The molecular formula is C16H21NO4. The minimum Gasteiger partial charge on any atom is -0.508 e. The molecule has 21 heavy (non-hydrogen) atoms. The van der Waals surface area contributed by atoms with Crippen molar-refractivity contribution in [2.45, 2.75) is 38.6 Å². The monoisotopic (exact) mass is 291 g/mol. The molecule has 2 rings (SSSR count). The van der Waals surface area contributed by atoms with E-state index in [1.165, 1.54) is 0 Å². The van der Waals surface area contributed by atoms with Crippen molar-refractivity contribution in [2.24, 2.45) is 0 Å². The van der Waals surface area contributed by atoms with E-state index in [4.69, 9.17) is 4.74 Å². The van der Waals surface area contributed by atoms with Crippen LogP contribution in [-0.2, 0) is 20.7 Å². The molecule has 0 radical (unpaired) electrons. The van der Waals surface area contributed by atoms with Crippen LogP contribution in [0.2, 0.25) is 0 Å². The second-order valence-corrected chi connectivity index (χ2v) is 5.19. The Labute approximate surface area is 124 Å². The SMILES string of the molecule is CCOC(=O)C1CCCCN1C(=O)Cc1ccc(O)cc1. The molecule has 0 saturated carbocycles. The Kier molecular flexibility index (Phi) is 5.20. The highest BCUT2D eigenvalue weighted by Crippen LogP contribution is 2.20. The summed E-state index contributed by atoms with van der Waals surface area (Å²) < 4.78 is 5.06. The fourth-order valence-electron chi connectivity index (χ4n) is 2.60. The van der Waals surface area contributed by atoms with Gasteiger partial charge in [0.25, 0.3) is 0 Å². The number of phenolic OH excluding ortho intramolecular Hbond substituents is 1. The maximum atomic E-state index is 12.4. The highest BCUT2D eigenvalue weighted by molar-refractivity contribution is 5.86. The summed E-state index contributed by atoms with van der Waals surface area (Å²) >= 11 is 0. The summed E-state index contributed by atoms with van der Waals surface area (Å²) in [5.74, 6) is -0.205. The van der Waals surface area contributed by atoms with Crippen molar-refractivity contribution in [1.29, 1.82) is 0 Å². The number of benzene rings is 1. The summed E-state index contributed by atoms with van der Waals surface area (Å²) in [6.07, 6.45) is 2.75. The highest BCUT2D eigenvalue weighted by atomic mass is 16.5. The molecule has 5 nitrogen and oxygen atoms in total. The Balaban J connectivity index is 2.04. The molecule has 1 heterocycles. The maximum Gasteiger partial charge on any atom is 0.328 e. The fourth-order valence-corrected chi connectivity index (χ4v) is 2.60. The van der Waals surface area contributed by atoms with Gasteiger partial charge < -0.3 is 14.7 Å². The first kappa shape index (κ1) is 15.4. The van der Waals surface area contributed by atoms with Gasteiger partial charge in [-0.2, -0.15) is 0 Å². The summed E-state index contributed by atoms with van der Waals surface area (Å²) in [4.78, 5) is 26.0. The molecule has 0 bridgehead atoms. The molecule has 0 aliphatic carbocycles. The summed E-state index contributed by atoms with van der Waals surface area (Å²) in [5.41, 5.74) is 0.825. The zero-order valence-corrected chi connectivity index (χ0v) is 12.2. The summed E-state index contributed by atoms with van der Waals surface area (Å²) in [6, 6.07) is 6.10. The van der Waals surface area contributed by atoms with Crippen LogP contribution >= 0.6 is 0 Å². The second kappa shape index (κ2) is 7.11. The third kappa shape index (κ3) is 3.97. The van der Waals surface area contributed by atoms with Crippen LogP contribution in [0, 0.1) is 0 Å². The molecule has 1 aromatic carbocycles. The van der Waals surface area contributed by atoms with E-state index in [1.54, 1.807) is 36.1 Å². The predicted octanol–water partition coefficient (Wildman–Crippen LogP) is 1.88. The zero-order chi connectivity index (χ0) is 15.2. The molecule has 0 spiro atoms. The number of carbonyl (C=O) groups is 2. The number of phenols is 1. The third-order valence-corrected chi connectivity index (χ3v) is 3.67. The van der Waals surface area contributed by atoms with Crippen LogP contribution in [0.1, 0.15) is 31.7 Å². The van der Waals surface area contributed by atoms with E-state index >= 15 is 0 Å². The number of rotatable bonds is 4. The molecule has 1 fully saturated rings. The Hall–Kier alpha value is -2.04. The van der Waals surface area contributed by atoms with Crippen LogP contribution in [0.25, 0.3) is 0 Å². The first-order chi connectivity index (χ1) is 10.1. The molecule has 1 N–H and O–H groups in total. The van der Waals surface area contributed by atoms with Gasteiger partial charge in [-0.15, -0.1) is 0 Å². The smallest absolute Gasteiger partial charge is 0.328 e. The molecule has 1 amide bonds. The van der Waals surface area contributed by atoms with Gasteiger partial charge in [-0.05, 0) is 43.9 Å². The number of esters is 1. The number of carbonyl (C=O) groups excluding carboxylic acids is 2. The number of piperidine rings is 1. The van der Waals surface area contributed by atoms with Gasteiger partial charge in [0.15, 0.2) is 0 Å². The Morgan fingerprint density at radius 3 is 2.67 bits per heavy atom. The van der Waals surface area contributed by atoms with Crippen molar-refractivity contribution >= 4 is 11.9 Å². The number of amides is 1. The van der Waals surface area contributed by atoms with Crippen molar-refractivity contribution in [2.75, 3.05) is 13.2 Å². The third-order valence-electron chi connectivity index (χ3n) is 3.67. The van der Waals surface area contributed by atoms with E-state index in [0.717, 1.165) is 18.4 Å². The van der Waals surface area contributed by atoms with E-state index in [0.29, 0.717) is 19.6 Å². The van der Waals surface area contributed by atoms with E-state index < -0.39 is 6.04 Å². The average Bonchev–Trinajstić information content (AvgIpc) is 2.50. The summed E-state index contributed by atoms with van der Waals surface area (Å²) in [6.45, 7) is 2.69. The average molecular weight is 291 g/mol. The van der Waals surface area contributed by atoms with Gasteiger partial charge in [0, 0.05) is 6.54 Å². The minimum absolute atomic E-state index is 0.0709. The zero-order valence-electron chi connectivity index (χ0n) is 12.2. The van der Waals surface area contributed by atoms with Crippen molar-refractivity contribution in [1.82, 2.24) is 4.90 Å². The lowest BCUT2D eigenvalue weighted by Crippen LogP contribution is -2.49. The highest BCUT2D eigenvalue weighted by Gasteiger charge is 2.32. The van der Waals surface area contributed by atoms with Crippen molar-refractivity contribution in [3.63, 3.8) is 0 Å². The molecule has 1 aliphatic rings. The molecule has 0 aromatic heterocycles. The largest absolute Gasteiger partial charge is 0.508 e. The first-order valence-electron chi connectivity index (χ1n) is 7.36. The molecule has 1 aliphatic heterocycles. The van der Waals surface area contributed by atoms with E-state index in [2.05, 4.69) is 0 Å². The van der Waals surface area contributed by atoms with E-state index in [-0.39, 0.29) is 24.0 Å². The van der Waals surface area contributed by atoms with E-state index in [9.17, 15) is 14.7 Å². The Morgan fingerprint density at radius 1 is 1.29 bits per heavy atom. The van der Waals surface area contributed by atoms with Gasteiger partial charge in [0.1, 0.15) is 11.8 Å². The number of nitrogens with zero attached hydrogens (tertiary/aromatic N) is 1. The lowest BCUT2D eigenvalue weighted by molar-refractivity contribution is -0.156. The van der Waals surface area contributed by atoms with Gasteiger partial charge in [0.05, 0.1) is 13.0 Å². The molecule has 114 valence electrons. The molecular weight excluding hydrogens is 270 g/mol. The van der Waals surface area contributed by atoms with Gasteiger partial charge in [-0.3, -0.25) is 4.79 Å². The van der Waals surface area contributed by atoms with Crippen LogP contribution < -0.4 is 0 Å². The second-order valence-electron chi connectivity index (χ2n) is 5.19. The minimum atomic E-state index is -0.455. The molecule has 1 unspecified atom stereocenters. The summed E-state index contributed by atoms with van der Waals surface area (Å²) in [5, 5.41) is 9.26. The fraction of sp³-hybridized carbons (Fsp3) is 0.500. The number of aromatic hydroxyl groups is 1. The van der Waals surface area contributed by atoms with Gasteiger partial charge in [0.2, 0.25) is 5.91 Å². The molecule has 1 aromatic rings. The number of hydrogen-bond acceptors (Lipinski definition) is 4. The van der Waals surface area contributed by atoms with Crippen LogP contribution in [0.15, 0.2) is 24.3 Å². The van der Waals surface area contributed by atoms with Crippen molar-refractivity contribution in [3.05, 3.63) is 29.8 Å². The van der Waals surface area contributed by atoms with Gasteiger partial charge >= 0.3 is 5.97 Å². The topological polar surface area (TPSA) is 66.8 Å². The predicted molar refractivity (Wildman–Crippen MR) is 77.8 cm³/mol. The molecule has 1 atom stereocenters. The van der Waals surface area contributed by atoms with Crippen LogP contribution in [-0.4, -0.2) is 41.1 Å². The van der Waals surface area contributed by atoms with Crippen LogP contribution in [0.5, 0.6) is 5.75 Å². The van der Waals surface area contributed by atoms with Crippen LogP contribution in [0.4, 0.5) is 0 Å². The Bertz CT molecular complexity index is 498. The number of hydrogen-bond donors (Lipinski definition) is 1. The molecule has 5 heteroatoms.